The highest BCUT2D eigenvalue weighted by Crippen LogP contribution is 2.20. The van der Waals surface area contributed by atoms with Gasteiger partial charge >= 0.3 is 0 Å². The minimum absolute atomic E-state index is 0. The molecule has 0 saturated heterocycles. The Bertz CT molecular complexity index is 1190. The summed E-state index contributed by atoms with van der Waals surface area (Å²) in [5.74, 6) is 1.65. The second-order valence-corrected chi connectivity index (χ2v) is 7.42. The number of halogens is 2. The van der Waals surface area contributed by atoms with E-state index in [1.54, 1.807) is 19.2 Å². The fourth-order valence-electron chi connectivity index (χ4n) is 3.27. The van der Waals surface area contributed by atoms with Crippen LogP contribution in [-0.4, -0.2) is 34.7 Å². The van der Waals surface area contributed by atoms with Gasteiger partial charge in [-0.2, -0.15) is 4.98 Å². The van der Waals surface area contributed by atoms with Gasteiger partial charge in [0.15, 0.2) is 5.96 Å². The lowest BCUT2D eigenvalue weighted by Gasteiger charge is -2.10. The lowest BCUT2D eigenvalue weighted by Crippen LogP contribution is -2.37. The Morgan fingerprint density at radius 1 is 1.19 bits per heavy atom. The van der Waals surface area contributed by atoms with E-state index in [1.807, 2.05) is 12.1 Å². The molecule has 0 atom stereocenters. The SMILES string of the molecule is CN=C(NCCc1c[nH]c2cc(C)ccc12)NCc1nc(-c2cccc(Cl)c2)no1.I. The molecule has 0 radical (unpaired) electrons. The van der Waals surface area contributed by atoms with Crippen molar-refractivity contribution in [2.24, 2.45) is 4.99 Å². The second-order valence-electron chi connectivity index (χ2n) is 6.99. The molecule has 2 aromatic carbocycles. The first-order valence-electron chi connectivity index (χ1n) is 9.72. The summed E-state index contributed by atoms with van der Waals surface area (Å²) in [5, 5.41) is 12.4. The van der Waals surface area contributed by atoms with Crippen LogP contribution in [0.2, 0.25) is 5.02 Å². The van der Waals surface area contributed by atoms with Crippen molar-refractivity contribution in [2.45, 2.75) is 19.9 Å². The molecule has 2 aromatic heterocycles. The zero-order chi connectivity index (χ0) is 20.9. The van der Waals surface area contributed by atoms with Crippen molar-refractivity contribution in [2.75, 3.05) is 13.6 Å². The average molecular weight is 551 g/mol. The monoisotopic (exact) mass is 550 g/mol. The molecule has 0 aliphatic rings. The molecule has 4 aromatic rings. The van der Waals surface area contributed by atoms with E-state index in [4.69, 9.17) is 16.1 Å². The summed E-state index contributed by atoms with van der Waals surface area (Å²) in [6.07, 6.45) is 2.95. The van der Waals surface area contributed by atoms with Gasteiger partial charge in [0.1, 0.15) is 0 Å². The number of hydrogen-bond acceptors (Lipinski definition) is 4. The predicted molar refractivity (Wildman–Crippen MR) is 135 cm³/mol. The van der Waals surface area contributed by atoms with Gasteiger partial charge < -0.3 is 20.1 Å². The second kappa shape index (κ2) is 10.6. The van der Waals surface area contributed by atoms with E-state index in [0.29, 0.717) is 29.2 Å². The highest BCUT2D eigenvalue weighted by molar-refractivity contribution is 14.0. The van der Waals surface area contributed by atoms with Crippen LogP contribution >= 0.6 is 35.6 Å². The van der Waals surface area contributed by atoms with Gasteiger partial charge in [0.05, 0.1) is 6.54 Å². The van der Waals surface area contributed by atoms with Crippen LogP contribution in [0.5, 0.6) is 0 Å². The smallest absolute Gasteiger partial charge is 0.246 e. The lowest BCUT2D eigenvalue weighted by molar-refractivity contribution is 0.375. The van der Waals surface area contributed by atoms with Crippen LogP contribution in [0.4, 0.5) is 0 Å². The molecule has 0 aliphatic heterocycles. The highest BCUT2D eigenvalue weighted by Gasteiger charge is 2.10. The van der Waals surface area contributed by atoms with Gasteiger partial charge in [-0.3, -0.25) is 4.99 Å². The zero-order valence-electron chi connectivity index (χ0n) is 17.3. The van der Waals surface area contributed by atoms with Crippen LogP contribution in [0, 0.1) is 6.92 Å². The Morgan fingerprint density at radius 2 is 2.06 bits per heavy atom. The molecule has 0 fully saturated rings. The number of H-pyrrole nitrogens is 1. The Kier molecular flexibility index (Phi) is 7.91. The molecule has 3 N–H and O–H groups in total. The maximum atomic E-state index is 6.02. The molecule has 9 heteroatoms. The lowest BCUT2D eigenvalue weighted by atomic mass is 10.1. The van der Waals surface area contributed by atoms with Crippen LogP contribution in [-0.2, 0) is 13.0 Å². The number of rotatable bonds is 6. The van der Waals surface area contributed by atoms with Crippen LogP contribution in [0.1, 0.15) is 17.0 Å². The van der Waals surface area contributed by atoms with E-state index < -0.39 is 0 Å². The molecular formula is C22H24ClIN6O. The van der Waals surface area contributed by atoms with Crippen molar-refractivity contribution in [3.05, 3.63) is 70.7 Å². The summed E-state index contributed by atoms with van der Waals surface area (Å²) in [6.45, 7) is 3.22. The molecule has 7 nitrogen and oxygen atoms in total. The molecule has 0 aliphatic carbocycles. The first kappa shape index (κ1) is 23.1. The number of aryl methyl sites for hydroxylation is 1. The van der Waals surface area contributed by atoms with E-state index in [1.165, 1.54) is 22.0 Å². The van der Waals surface area contributed by atoms with Crippen LogP contribution in [0.3, 0.4) is 0 Å². The largest absolute Gasteiger partial charge is 0.361 e. The summed E-state index contributed by atoms with van der Waals surface area (Å²) in [7, 11) is 1.73. The normalized spacial score (nSPS) is 11.4. The minimum atomic E-state index is 0. The number of guanidine groups is 1. The molecule has 2 heterocycles. The van der Waals surface area contributed by atoms with Crippen molar-refractivity contribution < 1.29 is 4.52 Å². The molecular weight excluding hydrogens is 527 g/mol. The van der Waals surface area contributed by atoms with Crippen LogP contribution in [0.25, 0.3) is 22.3 Å². The highest BCUT2D eigenvalue weighted by atomic mass is 127. The van der Waals surface area contributed by atoms with E-state index >= 15 is 0 Å². The third-order valence-corrected chi connectivity index (χ3v) is 5.03. The van der Waals surface area contributed by atoms with Crippen molar-refractivity contribution in [1.29, 1.82) is 0 Å². The molecule has 0 saturated carbocycles. The number of aromatic amines is 1. The fraction of sp³-hybridized carbons (Fsp3) is 0.227. The van der Waals surface area contributed by atoms with E-state index in [2.05, 4.69) is 62.1 Å². The number of nitrogens with zero attached hydrogens (tertiary/aromatic N) is 3. The quantitative estimate of drug-likeness (QED) is 0.184. The van der Waals surface area contributed by atoms with Crippen molar-refractivity contribution in [1.82, 2.24) is 25.8 Å². The Morgan fingerprint density at radius 3 is 2.87 bits per heavy atom. The maximum absolute atomic E-state index is 6.02. The number of hydrogen-bond donors (Lipinski definition) is 3. The summed E-state index contributed by atoms with van der Waals surface area (Å²) < 4.78 is 5.32. The van der Waals surface area contributed by atoms with Gasteiger partial charge in [-0.1, -0.05) is 41.0 Å². The Balaban J connectivity index is 0.00000272. The van der Waals surface area contributed by atoms with E-state index in [0.717, 1.165) is 18.5 Å². The van der Waals surface area contributed by atoms with Crippen molar-refractivity contribution in [3.8, 4) is 11.4 Å². The Labute approximate surface area is 202 Å². The van der Waals surface area contributed by atoms with Crippen LogP contribution in [0.15, 0.2) is 58.2 Å². The third kappa shape index (κ3) is 5.76. The van der Waals surface area contributed by atoms with E-state index in [9.17, 15) is 0 Å². The van der Waals surface area contributed by atoms with Gasteiger partial charge in [0.2, 0.25) is 11.7 Å². The topological polar surface area (TPSA) is 91.1 Å². The van der Waals surface area contributed by atoms with Gasteiger partial charge in [0, 0.05) is 41.3 Å². The molecule has 4 rings (SSSR count). The summed E-state index contributed by atoms with van der Waals surface area (Å²) in [4.78, 5) is 12.0. The first-order chi connectivity index (χ1) is 14.6. The van der Waals surface area contributed by atoms with Crippen LogP contribution < -0.4 is 10.6 Å². The predicted octanol–water partition coefficient (Wildman–Crippen LogP) is 4.71. The third-order valence-electron chi connectivity index (χ3n) is 4.79. The molecule has 0 bridgehead atoms. The molecule has 0 spiro atoms. The number of aliphatic imine (C=N–C) groups is 1. The van der Waals surface area contributed by atoms with Gasteiger partial charge in [-0.05, 0) is 42.7 Å². The van der Waals surface area contributed by atoms with E-state index in [-0.39, 0.29) is 24.0 Å². The standard InChI is InChI=1S/C22H23ClN6O.HI/c1-14-6-7-18-16(12-26-19(18)10-14)8-9-25-22(24-2)27-13-20-28-21(29-30-20)15-4-3-5-17(23)11-15;/h3-7,10-12,26H,8-9,13H2,1-2H3,(H2,24,25,27);1H. The molecule has 31 heavy (non-hydrogen) atoms. The number of nitrogens with one attached hydrogen (secondary N) is 3. The van der Waals surface area contributed by atoms with Crippen molar-refractivity contribution in [3.63, 3.8) is 0 Å². The summed E-state index contributed by atoms with van der Waals surface area (Å²) in [6, 6.07) is 13.8. The number of benzene rings is 2. The molecule has 0 amide bonds. The number of fused-ring (bicyclic) bond motifs is 1. The van der Waals surface area contributed by atoms with Gasteiger partial charge in [0.25, 0.3) is 0 Å². The maximum Gasteiger partial charge on any atom is 0.246 e. The number of aromatic nitrogens is 3. The Hall–Kier alpha value is -2.59. The zero-order valence-corrected chi connectivity index (χ0v) is 20.4. The summed E-state index contributed by atoms with van der Waals surface area (Å²) in [5.41, 5.74) is 4.50. The van der Waals surface area contributed by atoms with Crippen molar-refractivity contribution >= 4 is 52.4 Å². The molecule has 0 unspecified atom stereocenters. The van der Waals surface area contributed by atoms with Gasteiger partial charge in [-0.15, -0.1) is 24.0 Å². The van der Waals surface area contributed by atoms with Gasteiger partial charge in [-0.25, -0.2) is 0 Å². The average Bonchev–Trinajstić information content (AvgIpc) is 3.37. The summed E-state index contributed by atoms with van der Waals surface area (Å²) >= 11 is 6.02. The fourth-order valence-corrected chi connectivity index (χ4v) is 3.46. The molecule has 162 valence electrons. The first-order valence-corrected chi connectivity index (χ1v) is 10.1. The minimum Gasteiger partial charge on any atom is -0.361 e.